The second-order valence-corrected chi connectivity index (χ2v) is 7.22. The Bertz CT molecular complexity index is 1040. The van der Waals surface area contributed by atoms with Crippen molar-refractivity contribution in [2.45, 2.75) is 6.61 Å². The van der Waals surface area contributed by atoms with Crippen LogP contribution in [0.15, 0.2) is 66.7 Å². The van der Waals surface area contributed by atoms with E-state index in [1.165, 1.54) is 9.64 Å². The van der Waals surface area contributed by atoms with Crippen LogP contribution in [-0.4, -0.2) is 7.11 Å². The Balaban J connectivity index is 1.83. The molecule has 0 heterocycles. The molecule has 0 aromatic heterocycles. The maximum Gasteiger partial charge on any atom is 0.161 e. The summed E-state index contributed by atoms with van der Waals surface area (Å²) in [7, 11) is 1.56. The first-order chi connectivity index (χ1) is 13.6. The SMILES string of the molecule is COc1cc(/C=C(/C#N)c2ccccc2F)ccc1OCc1ccc(I)cc1. The average molecular weight is 485 g/mol. The van der Waals surface area contributed by atoms with Crippen LogP contribution in [0.2, 0.25) is 0 Å². The Labute approximate surface area is 177 Å². The molecule has 3 rings (SSSR count). The summed E-state index contributed by atoms with van der Waals surface area (Å²) < 4.78 is 26.5. The summed E-state index contributed by atoms with van der Waals surface area (Å²) >= 11 is 2.26. The largest absolute Gasteiger partial charge is 0.493 e. The summed E-state index contributed by atoms with van der Waals surface area (Å²) in [4.78, 5) is 0. The lowest BCUT2D eigenvalue weighted by Crippen LogP contribution is -1.98. The van der Waals surface area contributed by atoms with E-state index in [0.717, 1.165) is 11.1 Å². The van der Waals surface area contributed by atoms with Crippen molar-refractivity contribution in [1.82, 2.24) is 0 Å². The molecule has 0 radical (unpaired) electrons. The Morgan fingerprint density at radius 3 is 2.50 bits per heavy atom. The van der Waals surface area contributed by atoms with Gasteiger partial charge in [-0.1, -0.05) is 36.4 Å². The van der Waals surface area contributed by atoms with Crippen molar-refractivity contribution in [3.05, 3.63) is 92.8 Å². The third kappa shape index (κ3) is 4.90. The number of benzene rings is 3. The van der Waals surface area contributed by atoms with Crippen molar-refractivity contribution in [2.75, 3.05) is 7.11 Å². The molecule has 3 aromatic carbocycles. The fourth-order valence-corrected chi connectivity index (χ4v) is 3.01. The van der Waals surface area contributed by atoms with Crippen molar-refractivity contribution in [3.8, 4) is 17.6 Å². The zero-order chi connectivity index (χ0) is 19.9. The van der Waals surface area contributed by atoms with Gasteiger partial charge in [0.2, 0.25) is 0 Å². The van der Waals surface area contributed by atoms with Gasteiger partial charge < -0.3 is 9.47 Å². The first-order valence-electron chi connectivity index (χ1n) is 8.52. The van der Waals surface area contributed by atoms with Crippen LogP contribution in [-0.2, 0) is 6.61 Å². The van der Waals surface area contributed by atoms with Crippen LogP contribution in [0, 0.1) is 20.7 Å². The molecule has 0 unspecified atom stereocenters. The third-order valence-corrected chi connectivity index (χ3v) is 4.81. The summed E-state index contributed by atoms with van der Waals surface area (Å²) in [5, 5.41) is 9.43. The normalized spacial score (nSPS) is 11.0. The molecule has 0 atom stereocenters. The van der Waals surface area contributed by atoms with Gasteiger partial charge in [-0.15, -0.1) is 0 Å². The van der Waals surface area contributed by atoms with E-state index in [2.05, 4.69) is 28.7 Å². The minimum Gasteiger partial charge on any atom is -0.493 e. The minimum absolute atomic E-state index is 0.243. The number of hydrogen-bond acceptors (Lipinski definition) is 3. The molecule has 0 aliphatic rings. The van der Waals surface area contributed by atoms with E-state index in [1.54, 1.807) is 43.5 Å². The lowest BCUT2D eigenvalue weighted by Gasteiger charge is -2.12. The fourth-order valence-electron chi connectivity index (χ4n) is 2.65. The zero-order valence-corrected chi connectivity index (χ0v) is 17.3. The number of hydrogen-bond donors (Lipinski definition) is 0. The first kappa shape index (κ1) is 19.9. The lowest BCUT2D eigenvalue weighted by atomic mass is 10.0. The molecule has 3 nitrogen and oxygen atoms in total. The summed E-state index contributed by atoms with van der Waals surface area (Å²) in [5.41, 5.74) is 2.28. The van der Waals surface area contributed by atoms with Crippen LogP contribution in [0.4, 0.5) is 4.39 Å². The highest BCUT2D eigenvalue weighted by molar-refractivity contribution is 14.1. The third-order valence-electron chi connectivity index (χ3n) is 4.09. The van der Waals surface area contributed by atoms with Crippen molar-refractivity contribution in [3.63, 3.8) is 0 Å². The summed E-state index contributed by atoms with van der Waals surface area (Å²) in [6.45, 7) is 0.418. The molecule has 0 saturated carbocycles. The van der Waals surface area contributed by atoms with Gasteiger partial charge in [0.15, 0.2) is 11.5 Å². The number of halogens is 2. The molecule has 0 N–H and O–H groups in total. The van der Waals surface area contributed by atoms with Gasteiger partial charge in [0.25, 0.3) is 0 Å². The highest BCUT2D eigenvalue weighted by Gasteiger charge is 2.09. The van der Waals surface area contributed by atoms with Crippen molar-refractivity contribution in [2.24, 2.45) is 0 Å². The molecular weight excluding hydrogens is 468 g/mol. The summed E-state index contributed by atoms with van der Waals surface area (Å²) in [5.74, 6) is 0.715. The van der Waals surface area contributed by atoms with Crippen LogP contribution < -0.4 is 9.47 Å². The van der Waals surface area contributed by atoms with Gasteiger partial charge in [0, 0.05) is 9.13 Å². The standard InChI is InChI=1S/C23H17FINO2/c1-27-23-13-17(12-18(14-26)20-4-2-3-5-21(20)24)8-11-22(23)28-15-16-6-9-19(25)10-7-16/h2-13H,15H2,1H3/b18-12-. The highest BCUT2D eigenvalue weighted by atomic mass is 127. The number of nitriles is 1. The van der Waals surface area contributed by atoms with E-state index in [9.17, 15) is 9.65 Å². The van der Waals surface area contributed by atoms with E-state index >= 15 is 0 Å². The summed E-state index contributed by atoms with van der Waals surface area (Å²) in [6.07, 6.45) is 1.63. The van der Waals surface area contributed by atoms with E-state index in [4.69, 9.17) is 9.47 Å². The fraction of sp³-hybridized carbons (Fsp3) is 0.0870. The molecule has 0 spiro atoms. The van der Waals surface area contributed by atoms with Crippen LogP contribution in [0.5, 0.6) is 11.5 Å². The van der Waals surface area contributed by atoms with E-state index in [0.29, 0.717) is 18.1 Å². The van der Waals surface area contributed by atoms with Crippen molar-refractivity contribution >= 4 is 34.2 Å². The molecule has 5 heteroatoms. The molecule has 0 fully saturated rings. The Morgan fingerprint density at radius 1 is 1.07 bits per heavy atom. The van der Waals surface area contributed by atoms with Crippen molar-refractivity contribution < 1.29 is 13.9 Å². The monoisotopic (exact) mass is 485 g/mol. The molecule has 3 aromatic rings. The van der Waals surface area contributed by atoms with Crippen LogP contribution in [0.1, 0.15) is 16.7 Å². The van der Waals surface area contributed by atoms with Crippen molar-refractivity contribution in [1.29, 1.82) is 5.26 Å². The number of methoxy groups -OCH3 is 1. The van der Waals surface area contributed by atoms with Crippen LogP contribution in [0.3, 0.4) is 0 Å². The van der Waals surface area contributed by atoms with Gasteiger partial charge in [-0.25, -0.2) is 4.39 Å². The molecule has 0 aliphatic heterocycles. The highest BCUT2D eigenvalue weighted by Crippen LogP contribution is 2.31. The minimum atomic E-state index is -0.431. The average Bonchev–Trinajstić information content (AvgIpc) is 2.72. The van der Waals surface area contributed by atoms with Gasteiger partial charge in [-0.3, -0.25) is 0 Å². The Hall–Kier alpha value is -2.85. The van der Waals surface area contributed by atoms with Gasteiger partial charge in [-0.2, -0.15) is 5.26 Å². The molecule has 0 aliphatic carbocycles. The smallest absolute Gasteiger partial charge is 0.161 e. The number of rotatable bonds is 6. The topological polar surface area (TPSA) is 42.2 Å². The second-order valence-electron chi connectivity index (χ2n) is 5.98. The van der Waals surface area contributed by atoms with E-state index < -0.39 is 5.82 Å². The van der Waals surface area contributed by atoms with Gasteiger partial charge in [0.1, 0.15) is 12.4 Å². The van der Waals surface area contributed by atoms with E-state index in [1.807, 2.05) is 30.3 Å². The first-order valence-corrected chi connectivity index (χ1v) is 9.60. The predicted molar refractivity (Wildman–Crippen MR) is 116 cm³/mol. The molecule has 0 amide bonds. The molecule has 0 saturated heterocycles. The van der Waals surface area contributed by atoms with Gasteiger partial charge in [0.05, 0.1) is 18.8 Å². The van der Waals surface area contributed by atoms with Gasteiger partial charge >= 0.3 is 0 Å². The lowest BCUT2D eigenvalue weighted by molar-refractivity contribution is 0.284. The van der Waals surface area contributed by atoms with Crippen LogP contribution >= 0.6 is 22.6 Å². The second kappa shape index (κ2) is 9.38. The molecule has 0 bridgehead atoms. The maximum absolute atomic E-state index is 14.0. The predicted octanol–water partition coefficient (Wildman–Crippen LogP) is 6.08. The zero-order valence-electron chi connectivity index (χ0n) is 15.2. The summed E-state index contributed by atoms with van der Waals surface area (Å²) in [6, 6.07) is 21.7. The Kier molecular flexibility index (Phi) is 6.66. The van der Waals surface area contributed by atoms with Crippen LogP contribution in [0.25, 0.3) is 11.6 Å². The number of nitrogens with zero attached hydrogens (tertiary/aromatic N) is 1. The molecule has 140 valence electrons. The van der Waals surface area contributed by atoms with E-state index in [-0.39, 0.29) is 11.1 Å². The Morgan fingerprint density at radius 2 is 1.82 bits per heavy atom. The number of allylic oxidation sites excluding steroid dienone is 1. The quantitative estimate of drug-likeness (QED) is 0.242. The molecular formula is C23H17FINO2. The number of ether oxygens (including phenoxy) is 2. The van der Waals surface area contributed by atoms with Gasteiger partial charge in [-0.05, 0) is 70.1 Å². The maximum atomic E-state index is 14.0. The molecule has 28 heavy (non-hydrogen) atoms.